The summed E-state index contributed by atoms with van der Waals surface area (Å²) in [5.41, 5.74) is 12.4. The van der Waals surface area contributed by atoms with E-state index in [-0.39, 0.29) is 0 Å². The molecule has 0 N–H and O–H groups in total. The number of hydrogen-bond acceptors (Lipinski definition) is 5. The number of rotatable bonds is 6. The van der Waals surface area contributed by atoms with Gasteiger partial charge in [-0.15, -0.1) is 0 Å². The monoisotopic (exact) mass is 717 g/mol. The molecule has 5 nitrogen and oxygen atoms in total. The highest BCUT2D eigenvalue weighted by Crippen LogP contribution is 2.45. The number of hydrogen-bond donors (Lipinski definition) is 0. The van der Waals surface area contributed by atoms with E-state index in [9.17, 15) is 0 Å². The van der Waals surface area contributed by atoms with Gasteiger partial charge in [0.2, 0.25) is 0 Å². The molecule has 11 aromatic rings. The summed E-state index contributed by atoms with van der Waals surface area (Å²) in [6.45, 7) is 0. The first-order valence-corrected chi connectivity index (χ1v) is 18.7. The van der Waals surface area contributed by atoms with Gasteiger partial charge in [-0.25, -0.2) is 15.0 Å². The fraction of sp³-hybridized carbons (Fsp3) is 0. The quantitative estimate of drug-likeness (QED) is 0.171. The van der Waals surface area contributed by atoms with Gasteiger partial charge in [-0.1, -0.05) is 158 Å². The fourth-order valence-corrected chi connectivity index (χ4v) is 7.90. The van der Waals surface area contributed by atoms with Crippen molar-refractivity contribution in [2.75, 3.05) is 0 Å². The van der Waals surface area contributed by atoms with Gasteiger partial charge in [0.15, 0.2) is 17.5 Å². The fourth-order valence-electron chi connectivity index (χ4n) is 7.90. The third kappa shape index (κ3) is 5.37. The summed E-state index contributed by atoms with van der Waals surface area (Å²) >= 11 is 0. The second kappa shape index (κ2) is 13.0. The molecule has 0 aliphatic rings. The Bertz CT molecular complexity index is 3220. The molecule has 0 radical (unpaired) electrons. The highest BCUT2D eigenvalue weighted by molar-refractivity contribution is 6.21. The molecule has 0 atom stereocenters. The van der Waals surface area contributed by atoms with E-state index in [0.717, 1.165) is 93.9 Å². The maximum Gasteiger partial charge on any atom is 0.167 e. The molecule has 0 aliphatic heterocycles. The van der Waals surface area contributed by atoms with Gasteiger partial charge in [0.25, 0.3) is 0 Å². The minimum atomic E-state index is 0.543. The van der Waals surface area contributed by atoms with E-state index in [0.29, 0.717) is 17.5 Å². The van der Waals surface area contributed by atoms with Crippen molar-refractivity contribution >= 4 is 43.9 Å². The summed E-state index contributed by atoms with van der Waals surface area (Å²) in [7, 11) is 0. The number of para-hydroxylation sites is 2. The van der Waals surface area contributed by atoms with Crippen molar-refractivity contribution < 1.29 is 8.83 Å². The smallest absolute Gasteiger partial charge is 0.167 e. The molecule has 0 unspecified atom stereocenters. The largest absolute Gasteiger partial charge is 0.456 e. The Morgan fingerprint density at radius 1 is 0.286 bits per heavy atom. The molecule has 5 heteroatoms. The van der Waals surface area contributed by atoms with Crippen molar-refractivity contribution in [3.8, 4) is 67.5 Å². The summed E-state index contributed by atoms with van der Waals surface area (Å²) in [4.78, 5) is 15.2. The molecule has 0 aliphatic carbocycles. The molecule has 0 spiro atoms. The molecule has 3 heterocycles. The number of furan rings is 2. The Morgan fingerprint density at radius 2 is 0.786 bits per heavy atom. The van der Waals surface area contributed by atoms with Crippen LogP contribution in [0.15, 0.2) is 197 Å². The van der Waals surface area contributed by atoms with Crippen LogP contribution in [0.5, 0.6) is 0 Å². The molecule has 0 amide bonds. The number of benzene rings is 8. The van der Waals surface area contributed by atoms with Gasteiger partial charge in [-0.05, 0) is 63.7 Å². The SMILES string of the molecule is c1ccc(-c2ccc(-c3nc(-c4ccccc4)nc(-c4cccc5c4oc4cccc(-c6cc(-c7ccccc7)cc7oc8ccccc8c67)c45)n3)cc2)cc1. The molecule has 0 fully saturated rings. The Morgan fingerprint density at radius 3 is 1.52 bits per heavy atom. The summed E-state index contributed by atoms with van der Waals surface area (Å²) in [6, 6.07) is 64.5. The molecular weight excluding hydrogens is 687 g/mol. The standard InChI is InChI=1S/C51H31N3O2/c1-4-14-32(15-5-1)34-26-28-36(29-27-34)50-52-49(35-18-8-3-9-19-35)53-51(54-50)41-23-12-22-40-46-38(21-13-25-44(46)56-48(40)41)42-30-37(33-16-6-2-7-17-33)31-45-47(42)39-20-10-11-24-43(39)55-45/h1-31H. The van der Waals surface area contributed by atoms with Crippen LogP contribution in [-0.4, -0.2) is 15.0 Å². The lowest BCUT2D eigenvalue weighted by molar-refractivity contribution is 0.668. The number of aromatic nitrogens is 3. The highest BCUT2D eigenvalue weighted by atomic mass is 16.3. The lowest BCUT2D eigenvalue weighted by Gasteiger charge is -2.10. The van der Waals surface area contributed by atoms with Crippen molar-refractivity contribution in [3.05, 3.63) is 188 Å². The molecule has 0 saturated carbocycles. The van der Waals surface area contributed by atoms with Crippen LogP contribution in [0.25, 0.3) is 111 Å². The molecular formula is C51H31N3O2. The van der Waals surface area contributed by atoms with Crippen LogP contribution in [0.2, 0.25) is 0 Å². The Hall–Kier alpha value is -7.63. The van der Waals surface area contributed by atoms with Crippen LogP contribution in [0.1, 0.15) is 0 Å². The topological polar surface area (TPSA) is 65.0 Å². The van der Waals surface area contributed by atoms with Gasteiger partial charge < -0.3 is 8.83 Å². The maximum absolute atomic E-state index is 6.83. The summed E-state index contributed by atoms with van der Waals surface area (Å²) in [5, 5.41) is 4.15. The molecule has 262 valence electrons. The second-order valence-corrected chi connectivity index (χ2v) is 13.9. The van der Waals surface area contributed by atoms with E-state index in [1.807, 2.05) is 66.7 Å². The average Bonchev–Trinajstić information content (AvgIpc) is 3.86. The first kappa shape index (κ1) is 31.9. The van der Waals surface area contributed by atoms with Crippen molar-refractivity contribution in [1.29, 1.82) is 0 Å². The third-order valence-corrected chi connectivity index (χ3v) is 10.6. The van der Waals surface area contributed by atoms with Crippen LogP contribution < -0.4 is 0 Å². The zero-order chi connectivity index (χ0) is 37.0. The Labute approximate surface area is 322 Å². The zero-order valence-corrected chi connectivity index (χ0v) is 30.1. The van der Waals surface area contributed by atoms with Crippen LogP contribution >= 0.6 is 0 Å². The third-order valence-electron chi connectivity index (χ3n) is 10.6. The van der Waals surface area contributed by atoms with Gasteiger partial charge in [-0.3, -0.25) is 0 Å². The molecule has 11 rings (SSSR count). The normalized spacial score (nSPS) is 11.6. The predicted octanol–water partition coefficient (Wildman–Crippen LogP) is 13.7. The highest BCUT2D eigenvalue weighted by Gasteiger charge is 2.22. The summed E-state index contributed by atoms with van der Waals surface area (Å²) in [6.07, 6.45) is 0. The van der Waals surface area contributed by atoms with Gasteiger partial charge in [0.1, 0.15) is 22.3 Å². The van der Waals surface area contributed by atoms with Crippen LogP contribution in [-0.2, 0) is 0 Å². The number of nitrogens with zero attached hydrogens (tertiary/aromatic N) is 3. The summed E-state index contributed by atoms with van der Waals surface area (Å²) < 4.78 is 13.3. The van der Waals surface area contributed by atoms with E-state index in [2.05, 4.69) is 121 Å². The minimum Gasteiger partial charge on any atom is -0.456 e. The van der Waals surface area contributed by atoms with Gasteiger partial charge in [0, 0.05) is 32.7 Å². The van der Waals surface area contributed by atoms with E-state index in [1.165, 1.54) is 0 Å². The van der Waals surface area contributed by atoms with E-state index >= 15 is 0 Å². The van der Waals surface area contributed by atoms with Crippen LogP contribution in [0.3, 0.4) is 0 Å². The van der Waals surface area contributed by atoms with E-state index < -0.39 is 0 Å². The van der Waals surface area contributed by atoms with Gasteiger partial charge in [0.05, 0.1) is 5.56 Å². The zero-order valence-electron chi connectivity index (χ0n) is 30.1. The Balaban J connectivity index is 1.12. The lowest BCUT2D eigenvalue weighted by Crippen LogP contribution is -2.00. The van der Waals surface area contributed by atoms with Crippen LogP contribution in [0.4, 0.5) is 0 Å². The minimum absolute atomic E-state index is 0.543. The molecule has 0 saturated heterocycles. The average molecular weight is 718 g/mol. The first-order chi connectivity index (χ1) is 27.7. The van der Waals surface area contributed by atoms with Gasteiger partial charge >= 0.3 is 0 Å². The van der Waals surface area contributed by atoms with Crippen molar-refractivity contribution in [1.82, 2.24) is 15.0 Å². The molecule has 3 aromatic heterocycles. The van der Waals surface area contributed by atoms with Crippen molar-refractivity contribution in [2.24, 2.45) is 0 Å². The molecule has 8 aromatic carbocycles. The molecule has 56 heavy (non-hydrogen) atoms. The lowest BCUT2D eigenvalue weighted by atomic mass is 9.92. The predicted molar refractivity (Wildman–Crippen MR) is 227 cm³/mol. The van der Waals surface area contributed by atoms with Gasteiger partial charge in [-0.2, -0.15) is 0 Å². The van der Waals surface area contributed by atoms with E-state index in [4.69, 9.17) is 23.8 Å². The molecule has 0 bridgehead atoms. The Kier molecular flexibility index (Phi) is 7.42. The van der Waals surface area contributed by atoms with Crippen LogP contribution in [0, 0.1) is 0 Å². The second-order valence-electron chi connectivity index (χ2n) is 13.9. The maximum atomic E-state index is 6.83. The number of fused-ring (bicyclic) bond motifs is 6. The van der Waals surface area contributed by atoms with E-state index in [1.54, 1.807) is 0 Å². The summed E-state index contributed by atoms with van der Waals surface area (Å²) in [5.74, 6) is 1.73. The van der Waals surface area contributed by atoms with Crippen molar-refractivity contribution in [2.45, 2.75) is 0 Å². The first-order valence-electron chi connectivity index (χ1n) is 18.7. The van der Waals surface area contributed by atoms with Crippen molar-refractivity contribution in [3.63, 3.8) is 0 Å².